The number of pyridine rings is 1. The van der Waals surface area contributed by atoms with Gasteiger partial charge >= 0.3 is 0 Å². The molecule has 62 valence electrons. The standard InChI is InChI=1S/C8H7NO2S/c1-12(10,11)6-4-8-3-2-5-9-7-8/h2-3,5,7H,1H3. The van der Waals surface area contributed by atoms with Crippen LogP contribution < -0.4 is 0 Å². The molecule has 1 aromatic heterocycles. The van der Waals surface area contributed by atoms with Crippen molar-refractivity contribution in [3.8, 4) is 11.2 Å². The second-order valence-corrected chi connectivity index (χ2v) is 3.99. The summed E-state index contributed by atoms with van der Waals surface area (Å²) in [5.41, 5.74) is 0.600. The molecule has 1 aromatic rings. The largest absolute Gasteiger partial charge is 0.263 e. The molecule has 0 bridgehead atoms. The van der Waals surface area contributed by atoms with Crippen molar-refractivity contribution in [3.05, 3.63) is 30.1 Å². The maximum absolute atomic E-state index is 10.6. The number of sulfone groups is 1. The lowest BCUT2D eigenvalue weighted by Gasteiger charge is -1.84. The van der Waals surface area contributed by atoms with E-state index in [1.54, 1.807) is 18.3 Å². The van der Waals surface area contributed by atoms with Crippen LogP contribution in [0.4, 0.5) is 0 Å². The van der Waals surface area contributed by atoms with E-state index in [0.29, 0.717) is 5.56 Å². The first-order valence-corrected chi connectivity index (χ1v) is 5.10. The van der Waals surface area contributed by atoms with Crippen LogP contribution in [0.2, 0.25) is 0 Å². The van der Waals surface area contributed by atoms with Crippen LogP contribution in [-0.2, 0) is 9.84 Å². The third kappa shape index (κ3) is 3.17. The van der Waals surface area contributed by atoms with Crippen LogP contribution in [0.5, 0.6) is 0 Å². The Balaban J connectivity index is 2.96. The first-order valence-electron chi connectivity index (χ1n) is 3.21. The van der Waals surface area contributed by atoms with Crippen molar-refractivity contribution in [2.45, 2.75) is 0 Å². The smallest absolute Gasteiger partial charge is 0.214 e. The van der Waals surface area contributed by atoms with Crippen LogP contribution in [0, 0.1) is 11.2 Å². The van der Waals surface area contributed by atoms with Gasteiger partial charge in [-0.3, -0.25) is 4.98 Å². The molecule has 0 spiro atoms. The van der Waals surface area contributed by atoms with Gasteiger partial charge in [-0.2, -0.15) is 0 Å². The fourth-order valence-electron chi connectivity index (χ4n) is 0.588. The van der Waals surface area contributed by atoms with Gasteiger partial charge in [-0.15, -0.1) is 0 Å². The molecule has 0 atom stereocenters. The van der Waals surface area contributed by atoms with Gasteiger partial charge in [0.2, 0.25) is 9.84 Å². The van der Waals surface area contributed by atoms with Gasteiger partial charge in [0.05, 0.1) is 6.26 Å². The average molecular weight is 181 g/mol. The quantitative estimate of drug-likeness (QED) is 0.545. The van der Waals surface area contributed by atoms with Crippen LogP contribution in [0.25, 0.3) is 0 Å². The number of rotatable bonds is 0. The van der Waals surface area contributed by atoms with Gasteiger partial charge in [0.1, 0.15) is 0 Å². The molecule has 0 aromatic carbocycles. The third-order valence-corrected chi connectivity index (χ3v) is 1.52. The van der Waals surface area contributed by atoms with Crippen molar-refractivity contribution in [1.29, 1.82) is 0 Å². The van der Waals surface area contributed by atoms with Crippen LogP contribution in [0.1, 0.15) is 5.56 Å². The molecule has 0 radical (unpaired) electrons. The van der Waals surface area contributed by atoms with Gasteiger partial charge < -0.3 is 0 Å². The first-order chi connectivity index (χ1) is 5.58. The van der Waals surface area contributed by atoms with Crippen LogP contribution in [-0.4, -0.2) is 19.7 Å². The van der Waals surface area contributed by atoms with Crippen LogP contribution in [0.15, 0.2) is 24.5 Å². The predicted molar refractivity (Wildman–Crippen MR) is 46.0 cm³/mol. The zero-order chi connectivity index (χ0) is 9.03. The molecule has 3 nitrogen and oxygen atoms in total. The zero-order valence-corrected chi connectivity index (χ0v) is 7.30. The van der Waals surface area contributed by atoms with E-state index in [2.05, 4.69) is 16.2 Å². The van der Waals surface area contributed by atoms with Crippen LogP contribution in [0.3, 0.4) is 0 Å². The topological polar surface area (TPSA) is 47.0 Å². The van der Waals surface area contributed by atoms with E-state index in [4.69, 9.17) is 0 Å². The lowest BCUT2D eigenvalue weighted by Crippen LogP contribution is -1.89. The molecule has 0 unspecified atom stereocenters. The number of nitrogens with zero attached hydrogens (tertiary/aromatic N) is 1. The van der Waals surface area contributed by atoms with Gasteiger partial charge in [0.15, 0.2) is 0 Å². The summed E-state index contributed by atoms with van der Waals surface area (Å²) in [5.74, 6) is 2.48. The second kappa shape index (κ2) is 3.37. The number of hydrogen-bond donors (Lipinski definition) is 0. The fraction of sp³-hybridized carbons (Fsp3) is 0.125. The molecule has 0 saturated heterocycles. The Morgan fingerprint density at radius 1 is 1.50 bits per heavy atom. The van der Waals surface area contributed by atoms with Gasteiger partial charge in [-0.1, -0.05) is 0 Å². The summed E-state index contributed by atoms with van der Waals surface area (Å²) in [4.78, 5) is 3.79. The highest BCUT2D eigenvalue weighted by molar-refractivity contribution is 7.95. The van der Waals surface area contributed by atoms with Crippen molar-refractivity contribution in [2.75, 3.05) is 6.26 Å². The molecule has 0 aliphatic rings. The Bertz CT molecular complexity index is 411. The summed E-state index contributed by atoms with van der Waals surface area (Å²) in [5, 5.41) is 2.12. The minimum absolute atomic E-state index is 0.600. The molecule has 4 heteroatoms. The summed E-state index contributed by atoms with van der Waals surface area (Å²) in [6.07, 6.45) is 4.18. The number of aromatic nitrogens is 1. The fourth-order valence-corrected chi connectivity index (χ4v) is 0.892. The van der Waals surface area contributed by atoms with Crippen molar-refractivity contribution >= 4 is 9.84 Å². The molecule has 12 heavy (non-hydrogen) atoms. The highest BCUT2D eigenvalue weighted by atomic mass is 32.2. The van der Waals surface area contributed by atoms with Crippen molar-refractivity contribution in [2.24, 2.45) is 0 Å². The summed E-state index contributed by atoms with van der Waals surface area (Å²) in [6.45, 7) is 0. The third-order valence-electron chi connectivity index (χ3n) is 1.04. The molecule has 0 amide bonds. The predicted octanol–water partition coefficient (Wildman–Crippen LogP) is 0.435. The van der Waals surface area contributed by atoms with Crippen molar-refractivity contribution in [1.82, 2.24) is 4.98 Å². The van der Waals surface area contributed by atoms with Gasteiger partial charge in [0.25, 0.3) is 0 Å². The maximum Gasteiger partial charge on any atom is 0.214 e. The number of hydrogen-bond acceptors (Lipinski definition) is 3. The Hall–Kier alpha value is -1.34. The second-order valence-electron chi connectivity index (χ2n) is 2.24. The lowest BCUT2D eigenvalue weighted by molar-refractivity contribution is 0.611. The van der Waals surface area contributed by atoms with E-state index in [0.717, 1.165) is 6.26 Å². The molecule has 0 saturated carbocycles. The molecule has 1 heterocycles. The SMILES string of the molecule is CS(=O)(=O)C#Cc1cccnc1. The van der Waals surface area contributed by atoms with Gasteiger partial charge in [-0.25, -0.2) is 8.42 Å². The minimum atomic E-state index is -3.21. The Morgan fingerprint density at radius 3 is 2.75 bits per heavy atom. The van der Waals surface area contributed by atoms with E-state index < -0.39 is 9.84 Å². The Labute approximate surface area is 71.4 Å². The van der Waals surface area contributed by atoms with Gasteiger partial charge in [-0.05, 0) is 18.1 Å². The van der Waals surface area contributed by atoms with E-state index in [1.807, 2.05) is 0 Å². The minimum Gasteiger partial charge on any atom is -0.263 e. The molecule has 0 N–H and O–H groups in total. The first kappa shape index (κ1) is 8.75. The molecular weight excluding hydrogens is 174 g/mol. The Morgan fingerprint density at radius 2 is 2.25 bits per heavy atom. The molecular formula is C8H7NO2S. The molecule has 0 fully saturated rings. The van der Waals surface area contributed by atoms with E-state index in [9.17, 15) is 8.42 Å². The zero-order valence-electron chi connectivity index (χ0n) is 6.48. The van der Waals surface area contributed by atoms with E-state index >= 15 is 0 Å². The van der Waals surface area contributed by atoms with E-state index in [-0.39, 0.29) is 0 Å². The lowest BCUT2D eigenvalue weighted by atomic mass is 10.3. The molecule has 0 aliphatic carbocycles. The maximum atomic E-state index is 10.6. The average Bonchev–Trinajstić information content (AvgIpc) is 2.02. The summed E-state index contributed by atoms with van der Waals surface area (Å²) in [6, 6.07) is 3.40. The normalized spacial score (nSPS) is 10.1. The Kier molecular flexibility index (Phi) is 2.46. The van der Waals surface area contributed by atoms with Crippen molar-refractivity contribution in [3.63, 3.8) is 0 Å². The van der Waals surface area contributed by atoms with Crippen LogP contribution >= 0.6 is 0 Å². The summed E-state index contributed by atoms with van der Waals surface area (Å²) >= 11 is 0. The summed E-state index contributed by atoms with van der Waals surface area (Å²) in [7, 11) is -3.21. The summed E-state index contributed by atoms with van der Waals surface area (Å²) < 4.78 is 21.2. The highest BCUT2D eigenvalue weighted by Crippen LogP contribution is 1.91. The molecule has 1 rings (SSSR count). The monoisotopic (exact) mass is 181 g/mol. The van der Waals surface area contributed by atoms with Crippen molar-refractivity contribution < 1.29 is 8.42 Å². The van der Waals surface area contributed by atoms with E-state index in [1.165, 1.54) is 6.20 Å². The highest BCUT2D eigenvalue weighted by Gasteiger charge is 1.91. The molecule has 0 aliphatic heterocycles. The van der Waals surface area contributed by atoms with Gasteiger partial charge in [0, 0.05) is 23.2 Å².